The highest BCUT2D eigenvalue weighted by molar-refractivity contribution is 6.30. The van der Waals surface area contributed by atoms with Crippen LogP contribution in [-0.2, 0) is 11.2 Å². The third-order valence-corrected chi connectivity index (χ3v) is 3.49. The average molecular weight is 330 g/mol. The second kappa shape index (κ2) is 6.71. The SMILES string of the molecule is CCOc1ccccc1NC(=O)Cc1cn2cc(Cl)ccc2n1. The summed E-state index contributed by atoms with van der Waals surface area (Å²) >= 11 is 5.95. The number of benzene rings is 1. The fraction of sp³-hybridized carbons (Fsp3) is 0.176. The van der Waals surface area contributed by atoms with Crippen molar-refractivity contribution in [2.75, 3.05) is 11.9 Å². The minimum atomic E-state index is -0.147. The Morgan fingerprint density at radius 2 is 2.09 bits per heavy atom. The molecule has 3 aromatic rings. The van der Waals surface area contributed by atoms with Crippen molar-refractivity contribution in [2.24, 2.45) is 0 Å². The zero-order valence-electron chi connectivity index (χ0n) is 12.6. The second-order valence-corrected chi connectivity index (χ2v) is 5.44. The molecule has 118 valence electrons. The maximum atomic E-state index is 12.2. The number of anilines is 1. The van der Waals surface area contributed by atoms with E-state index in [1.165, 1.54) is 0 Å². The van der Waals surface area contributed by atoms with E-state index in [4.69, 9.17) is 16.3 Å². The topological polar surface area (TPSA) is 55.6 Å². The molecule has 0 saturated carbocycles. The molecule has 0 bridgehead atoms. The predicted octanol–water partition coefficient (Wildman–Crippen LogP) is 3.57. The highest BCUT2D eigenvalue weighted by Crippen LogP contribution is 2.23. The first-order valence-corrected chi connectivity index (χ1v) is 7.68. The lowest BCUT2D eigenvalue weighted by atomic mass is 10.2. The Hall–Kier alpha value is -2.53. The van der Waals surface area contributed by atoms with Crippen LogP contribution < -0.4 is 10.1 Å². The van der Waals surface area contributed by atoms with Crippen molar-refractivity contribution in [2.45, 2.75) is 13.3 Å². The van der Waals surface area contributed by atoms with Crippen molar-refractivity contribution in [1.82, 2.24) is 9.38 Å². The number of nitrogens with zero attached hydrogens (tertiary/aromatic N) is 2. The maximum absolute atomic E-state index is 12.2. The van der Waals surface area contributed by atoms with E-state index in [-0.39, 0.29) is 12.3 Å². The van der Waals surface area contributed by atoms with Crippen LogP contribution in [0.5, 0.6) is 5.75 Å². The monoisotopic (exact) mass is 329 g/mol. The molecule has 2 aromatic heterocycles. The number of hydrogen-bond donors (Lipinski definition) is 1. The molecule has 1 N–H and O–H groups in total. The number of halogens is 1. The number of imidazole rings is 1. The molecule has 0 spiro atoms. The van der Waals surface area contributed by atoms with Crippen LogP contribution >= 0.6 is 11.6 Å². The Balaban J connectivity index is 1.73. The Labute approximate surface area is 138 Å². The summed E-state index contributed by atoms with van der Waals surface area (Å²) in [5.74, 6) is 0.511. The number of hydrogen-bond acceptors (Lipinski definition) is 3. The summed E-state index contributed by atoms with van der Waals surface area (Å²) < 4.78 is 7.30. The molecule has 0 saturated heterocycles. The van der Waals surface area contributed by atoms with Gasteiger partial charge in [-0.1, -0.05) is 23.7 Å². The molecule has 0 fully saturated rings. The number of carbonyl (C=O) groups excluding carboxylic acids is 1. The first-order valence-electron chi connectivity index (χ1n) is 7.30. The minimum Gasteiger partial charge on any atom is -0.492 e. The highest BCUT2D eigenvalue weighted by atomic mass is 35.5. The lowest BCUT2D eigenvalue weighted by Crippen LogP contribution is -2.15. The fourth-order valence-corrected chi connectivity index (χ4v) is 2.48. The lowest BCUT2D eigenvalue weighted by molar-refractivity contribution is -0.115. The van der Waals surface area contributed by atoms with E-state index in [1.807, 2.05) is 37.3 Å². The van der Waals surface area contributed by atoms with Crippen LogP contribution in [0.1, 0.15) is 12.6 Å². The number of amides is 1. The molecule has 0 atom stereocenters. The molecule has 6 heteroatoms. The van der Waals surface area contributed by atoms with Gasteiger partial charge in [0.15, 0.2) is 0 Å². The first-order chi connectivity index (χ1) is 11.2. The van der Waals surface area contributed by atoms with Crippen molar-refractivity contribution in [3.05, 3.63) is 59.5 Å². The van der Waals surface area contributed by atoms with Crippen molar-refractivity contribution < 1.29 is 9.53 Å². The van der Waals surface area contributed by atoms with Gasteiger partial charge >= 0.3 is 0 Å². The van der Waals surface area contributed by atoms with Gasteiger partial charge in [0.25, 0.3) is 0 Å². The summed E-state index contributed by atoms with van der Waals surface area (Å²) in [4.78, 5) is 16.6. The third-order valence-electron chi connectivity index (χ3n) is 3.27. The van der Waals surface area contributed by atoms with Gasteiger partial charge in [0.05, 0.1) is 29.4 Å². The number of para-hydroxylation sites is 2. The molecule has 0 radical (unpaired) electrons. The van der Waals surface area contributed by atoms with E-state index in [1.54, 1.807) is 22.9 Å². The molecule has 0 aliphatic heterocycles. The third kappa shape index (κ3) is 3.63. The number of rotatable bonds is 5. The van der Waals surface area contributed by atoms with Gasteiger partial charge < -0.3 is 14.5 Å². The van der Waals surface area contributed by atoms with Crippen LogP contribution in [0, 0.1) is 0 Å². The largest absolute Gasteiger partial charge is 0.492 e. The number of fused-ring (bicyclic) bond motifs is 1. The van der Waals surface area contributed by atoms with Crippen LogP contribution in [0.25, 0.3) is 5.65 Å². The van der Waals surface area contributed by atoms with Gasteiger partial charge in [0.1, 0.15) is 11.4 Å². The van der Waals surface area contributed by atoms with Crippen LogP contribution in [0.2, 0.25) is 5.02 Å². The zero-order valence-corrected chi connectivity index (χ0v) is 13.4. The van der Waals surface area contributed by atoms with Gasteiger partial charge in [0, 0.05) is 12.4 Å². The fourth-order valence-electron chi connectivity index (χ4n) is 2.31. The zero-order chi connectivity index (χ0) is 16.2. The molecule has 0 aliphatic carbocycles. The van der Waals surface area contributed by atoms with Gasteiger partial charge in [0.2, 0.25) is 5.91 Å². The van der Waals surface area contributed by atoms with Crippen molar-refractivity contribution >= 4 is 28.8 Å². The Kier molecular flexibility index (Phi) is 4.48. The number of aromatic nitrogens is 2. The molecule has 1 amide bonds. The second-order valence-electron chi connectivity index (χ2n) is 5.00. The number of nitrogens with one attached hydrogen (secondary N) is 1. The van der Waals surface area contributed by atoms with Gasteiger partial charge in [-0.25, -0.2) is 4.98 Å². The molecular formula is C17H16ClN3O2. The summed E-state index contributed by atoms with van der Waals surface area (Å²) in [5.41, 5.74) is 2.09. The normalized spacial score (nSPS) is 10.7. The van der Waals surface area contributed by atoms with Crippen molar-refractivity contribution in [3.8, 4) is 5.75 Å². The highest BCUT2D eigenvalue weighted by Gasteiger charge is 2.10. The van der Waals surface area contributed by atoms with Crippen LogP contribution in [0.3, 0.4) is 0 Å². The molecule has 3 rings (SSSR count). The standard InChI is InChI=1S/C17H16ClN3O2/c1-2-23-15-6-4-3-5-14(15)20-17(22)9-13-11-21-10-12(18)7-8-16(21)19-13/h3-8,10-11H,2,9H2,1H3,(H,20,22). The summed E-state index contributed by atoms with van der Waals surface area (Å²) in [7, 11) is 0. The smallest absolute Gasteiger partial charge is 0.230 e. The number of pyridine rings is 1. The Morgan fingerprint density at radius 1 is 1.26 bits per heavy atom. The Bertz CT molecular complexity index is 845. The van der Waals surface area contributed by atoms with Crippen molar-refractivity contribution in [1.29, 1.82) is 0 Å². The van der Waals surface area contributed by atoms with Crippen LogP contribution in [0.15, 0.2) is 48.8 Å². The van der Waals surface area contributed by atoms with Crippen LogP contribution in [0.4, 0.5) is 5.69 Å². The predicted molar refractivity (Wildman–Crippen MR) is 90.1 cm³/mol. The minimum absolute atomic E-state index is 0.147. The van der Waals surface area contributed by atoms with E-state index >= 15 is 0 Å². The summed E-state index contributed by atoms with van der Waals surface area (Å²) in [6.07, 6.45) is 3.74. The van der Waals surface area contributed by atoms with E-state index in [0.29, 0.717) is 28.8 Å². The van der Waals surface area contributed by atoms with Gasteiger partial charge in [-0.2, -0.15) is 0 Å². The molecule has 1 aromatic carbocycles. The molecular weight excluding hydrogens is 314 g/mol. The molecule has 0 aliphatic rings. The van der Waals surface area contributed by atoms with Gasteiger partial charge in [-0.15, -0.1) is 0 Å². The van der Waals surface area contributed by atoms with E-state index in [9.17, 15) is 4.79 Å². The van der Waals surface area contributed by atoms with Gasteiger partial charge in [-0.3, -0.25) is 4.79 Å². The number of ether oxygens (including phenoxy) is 1. The summed E-state index contributed by atoms with van der Waals surface area (Å²) in [6.45, 7) is 2.44. The average Bonchev–Trinajstić information content (AvgIpc) is 2.90. The first kappa shape index (κ1) is 15.4. The Morgan fingerprint density at radius 3 is 2.91 bits per heavy atom. The van der Waals surface area contributed by atoms with E-state index < -0.39 is 0 Å². The molecule has 23 heavy (non-hydrogen) atoms. The maximum Gasteiger partial charge on any atom is 0.230 e. The quantitative estimate of drug-likeness (QED) is 0.778. The van der Waals surface area contributed by atoms with Crippen LogP contribution in [-0.4, -0.2) is 21.9 Å². The van der Waals surface area contributed by atoms with E-state index in [2.05, 4.69) is 10.3 Å². The molecule has 0 unspecified atom stereocenters. The summed E-state index contributed by atoms with van der Waals surface area (Å²) in [5, 5.41) is 3.48. The number of carbonyl (C=O) groups is 1. The van der Waals surface area contributed by atoms with Crippen molar-refractivity contribution in [3.63, 3.8) is 0 Å². The lowest BCUT2D eigenvalue weighted by Gasteiger charge is -2.10. The molecule has 2 heterocycles. The molecule has 5 nitrogen and oxygen atoms in total. The van der Waals surface area contributed by atoms with E-state index in [0.717, 1.165) is 5.65 Å². The summed E-state index contributed by atoms with van der Waals surface area (Å²) in [6, 6.07) is 10.9. The van der Waals surface area contributed by atoms with Gasteiger partial charge in [-0.05, 0) is 31.2 Å².